The van der Waals surface area contributed by atoms with Crippen LogP contribution in [0.5, 0.6) is 0 Å². The molecular formula is C19H18BrN3O2. The Morgan fingerprint density at radius 1 is 1.04 bits per heavy atom. The van der Waals surface area contributed by atoms with E-state index in [1.165, 1.54) is 4.57 Å². The quantitative estimate of drug-likeness (QED) is 0.671. The van der Waals surface area contributed by atoms with Crippen molar-refractivity contribution >= 4 is 44.3 Å². The molecule has 0 saturated carbocycles. The summed E-state index contributed by atoms with van der Waals surface area (Å²) in [6.07, 6.45) is 4.45. The zero-order valence-corrected chi connectivity index (χ0v) is 15.3. The van der Waals surface area contributed by atoms with E-state index in [4.69, 9.17) is 0 Å². The van der Waals surface area contributed by atoms with Gasteiger partial charge < -0.3 is 10.6 Å². The van der Waals surface area contributed by atoms with Crippen molar-refractivity contribution in [1.29, 1.82) is 0 Å². The first-order valence-electron chi connectivity index (χ1n) is 8.03. The van der Waals surface area contributed by atoms with Crippen molar-refractivity contribution in [3.8, 4) is 0 Å². The van der Waals surface area contributed by atoms with Gasteiger partial charge in [-0.2, -0.15) is 0 Å². The third kappa shape index (κ3) is 4.09. The van der Waals surface area contributed by atoms with Gasteiger partial charge in [-0.1, -0.05) is 28.9 Å². The highest BCUT2D eigenvalue weighted by molar-refractivity contribution is 9.10. The molecule has 0 unspecified atom stereocenters. The highest BCUT2D eigenvalue weighted by Crippen LogP contribution is 2.21. The van der Waals surface area contributed by atoms with Gasteiger partial charge >= 0.3 is 6.03 Å². The first-order chi connectivity index (χ1) is 12.1. The van der Waals surface area contributed by atoms with Crippen LogP contribution in [0.1, 0.15) is 23.7 Å². The second-order valence-corrected chi connectivity index (χ2v) is 6.62. The summed E-state index contributed by atoms with van der Waals surface area (Å²) in [7, 11) is 0. The van der Waals surface area contributed by atoms with Gasteiger partial charge in [0.2, 0.25) is 0 Å². The zero-order valence-electron chi connectivity index (χ0n) is 13.8. The molecule has 1 aromatic heterocycles. The fourth-order valence-corrected chi connectivity index (χ4v) is 2.84. The lowest BCUT2D eigenvalue weighted by atomic mass is 10.2. The number of hydrogen-bond acceptors (Lipinski definition) is 2. The number of amides is 2. The van der Waals surface area contributed by atoms with E-state index < -0.39 is 0 Å². The lowest BCUT2D eigenvalue weighted by Gasteiger charge is -2.07. The van der Waals surface area contributed by atoms with E-state index in [1.54, 1.807) is 36.7 Å². The van der Waals surface area contributed by atoms with Gasteiger partial charge in [-0.25, -0.2) is 4.79 Å². The second kappa shape index (κ2) is 7.53. The van der Waals surface area contributed by atoms with E-state index >= 15 is 0 Å². The molecule has 0 aliphatic carbocycles. The van der Waals surface area contributed by atoms with Crippen LogP contribution in [0.4, 0.5) is 10.5 Å². The monoisotopic (exact) mass is 399 g/mol. The Morgan fingerprint density at radius 3 is 2.48 bits per heavy atom. The zero-order chi connectivity index (χ0) is 17.8. The number of nitrogens with one attached hydrogen (secondary N) is 2. The molecule has 128 valence electrons. The number of carbonyl (C=O) groups excluding carboxylic acids is 2. The minimum atomic E-state index is -0.254. The van der Waals surface area contributed by atoms with Crippen molar-refractivity contribution in [3.05, 3.63) is 64.9 Å². The van der Waals surface area contributed by atoms with Crippen LogP contribution in [0.15, 0.2) is 59.3 Å². The Hall–Kier alpha value is -2.60. The Balaban J connectivity index is 1.70. The smallest absolute Gasteiger partial charge is 0.329 e. The number of fused-ring (bicyclic) bond motifs is 1. The van der Waals surface area contributed by atoms with Crippen LogP contribution in [-0.2, 0) is 0 Å². The molecule has 0 spiro atoms. The molecule has 25 heavy (non-hydrogen) atoms. The van der Waals surface area contributed by atoms with Crippen LogP contribution < -0.4 is 10.6 Å². The summed E-state index contributed by atoms with van der Waals surface area (Å²) in [6, 6.07) is 12.4. The molecule has 3 aromatic rings. The second-order valence-electron chi connectivity index (χ2n) is 5.70. The third-order valence-corrected chi connectivity index (χ3v) is 4.27. The molecule has 0 radical (unpaired) electrons. The highest BCUT2D eigenvalue weighted by Gasteiger charge is 2.09. The number of nitrogens with zero attached hydrogens (tertiary/aromatic N) is 1. The molecule has 2 amide bonds. The van der Waals surface area contributed by atoms with Gasteiger partial charge in [0, 0.05) is 40.0 Å². The summed E-state index contributed by atoms with van der Waals surface area (Å²) in [5.74, 6) is -0.109. The van der Waals surface area contributed by atoms with Crippen molar-refractivity contribution in [3.63, 3.8) is 0 Å². The SMILES string of the molecule is CCCNC(=O)c1ccc(NC(=O)n2cc3ccc(Br)cc3c2)cc1. The number of rotatable bonds is 4. The molecule has 0 fully saturated rings. The fourth-order valence-electron chi connectivity index (χ4n) is 2.46. The summed E-state index contributed by atoms with van der Waals surface area (Å²) in [5.41, 5.74) is 1.21. The topological polar surface area (TPSA) is 63.1 Å². The highest BCUT2D eigenvalue weighted by atomic mass is 79.9. The average molecular weight is 400 g/mol. The molecule has 0 aliphatic rings. The first kappa shape index (κ1) is 17.2. The van der Waals surface area contributed by atoms with Gasteiger partial charge in [-0.3, -0.25) is 9.36 Å². The van der Waals surface area contributed by atoms with Crippen LogP contribution in [0.25, 0.3) is 10.8 Å². The van der Waals surface area contributed by atoms with Gasteiger partial charge in [0.1, 0.15) is 0 Å². The van der Waals surface area contributed by atoms with Crippen molar-refractivity contribution in [1.82, 2.24) is 9.88 Å². The number of halogens is 1. The summed E-state index contributed by atoms with van der Waals surface area (Å²) >= 11 is 3.42. The third-order valence-electron chi connectivity index (χ3n) is 3.77. The lowest BCUT2D eigenvalue weighted by Crippen LogP contribution is -2.24. The molecule has 0 atom stereocenters. The van der Waals surface area contributed by atoms with Crippen molar-refractivity contribution < 1.29 is 9.59 Å². The largest absolute Gasteiger partial charge is 0.352 e. The predicted octanol–water partition coefficient (Wildman–Crippen LogP) is 4.62. The summed E-state index contributed by atoms with van der Waals surface area (Å²) < 4.78 is 2.48. The normalized spacial score (nSPS) is 10.6. The van der Waals surface area contributed by atoms with Crippen LogP contribution >= 0.6 is 15.9 Å². The van der Waals surface area contributed by atoms with E-state index in [9.17, 15) is 9.59 Å². The van der Waals surface area contributed by atoms with Gasteiger partial charge in [-0.15, -0.1) is 0 Å². The summed E-state index contributed by atoms with van der Waals surface area (Å²) in [4.78, 5) is 24.3. The summed E-state index contributed by atoms with van der Waals surface area (Å²) in [5, 5.41) is 7.61. The van der Waals surface area contributed by atoms with Gasteiger partial charge in [-0.05, 0) is 48.2 Å². The predicted molar refractivity (Wildman–Crippen MR) is 103 cm³/mol. The molecule has 2 aromatic carbocycles. The maximum Gasteiger partial charge on any atom is 0.329 e. The number of aromatic nitrogens is 1. The number of carbonyl (C=O) groups is 2. The van der Waals surface area contributed by atoms with E-state index in [-0.39, 0.29) is 11.9 Å². The minimum Gasteiger partial charge on any atom is -0.352 e. The molecule has 6 heteroatoms. The Morgan fingerprint density at radius 2 is 1.76 bits per heavy atom. The Kier molecular flexibility index (Phi) is 5.19. The summed E-state index contributed by atoms with van der Waals surface area (Å²) in [6.45, 7) is 2.65. The number of benzene rings is 2. The maximum absolute atomic E-state index is 12.4. The van der Waals surface area contributed by atoms with E-state index in [2.05, 4.69) is 26.6 Å². The Labute approximate surface area is 154 Å². The van der Waals surface area contributed by atoms with Gasteiger partial charge in [0.25, 0.3) is 5.91 Å². The minimum absolute atomic E-state index is 0.109. The van der Waals surface area contributed by atoms with Crippen molar-refractivity contribution in [2.75, 3.05) is 11.9 Å². The van der Waals surface area contributed by atoms with E-state index in [1.807, 2.05) is 25.1 Å². The van der Waals surface area contributed by atoms with Crippen LogP contribution in [0.3, 0.4) is 0 Å². The molecule has 0 saturated heterocycles. The van der Waals surface area contributed by atoms with E-state index in [0.717, 1.165) is 21.7 Å². The molecule has 0 aliphatic heterocycles. The molecule has 1 heterocycles. The van der Waals surface area contributed by atoms with Gasteiger partial charge in [0.05, 0.1) is 0 Å². The van der Waals surface area contributed by atoms with Crippen LogP contribution in [-0.4, -0.2) is 23.1 Å². The van der Waals surface area contributed by atoms with Crippen LogP contribution in [0, 0.1) is 0 Å². The standard InChI is InChI=1S/C19H18BrN3O2/c1-2-9-21-18(24)13-4-7-17(8-5-13)22-19(25)23-11-14-3-6-16(20)10-15(14)12-23/h3-8,10-12H,2,9H2,1H3,(H,21,24)(H,22,25). The molecule has 5 nitrogen and oxygen atoms in total. The van der Waals surface area contributed by atoms with E-state index in [0.29, 0.717) is 17.8 Å². The van der Waals surface area contributed by atoms with Crippen LogP contribution in [0.2, 0.25) is 0 Å². The average Bonchev–Trinajstić information content (AvgIpc) is 3.03. The first-order valence-corrected chi connectivity index (χ1v) is 8.83. The molecule has 0 bridgehead atoms. The van der Waals surface area contributed by atoms with Crippen molar-refractivity contribution in [2.45, 2.75) is 13.3 Å². The fraction of sp³-hybridized carbons (Fsp3) is 0.158. The molecule has 3 rings (SSSR count). The maximum atomic E-state index is 12.4. The lowest BCUT2D eigenvalue weighted by molar-refractivity contribution is 0.0953. The number of hydrogen-bond donors (Lipinski definition) is 2. The molecule has 2 N–H and O–H groups in total. The van der Waals surface area contributed by atoms with Crippen molar-refractivity contribution in [2.24, 2.45) is 0 Å². The number of anilines is 1. The molecular weight excluding hydrogens is 382 g/mol. The van der Waals surface area contributed by atoms with Gasteiger partial charge in [0.15, 0.2) is 0 Å². The Bertz CT molecular complexity index is 916.